The van der Waals surface area contributed by atoms with Gasteiger partial charge in [-0.3, -0.25) is 0 Å². The molecule has 1 nitrogen and oxygen atoms in total. The third-order valence-electron chi connectivity index (χ3n) is 2.37. The Kier molecular flexibility index (Phi) is 2.18. The number of allylic oxidation sites excluding steroid dienone is 2. The first-order valence-electron chi connectivity index (χ1n) is 7.87. The van der Waals surface area contributed by atoms with Gasteiger partial charge in [-0.05, 0) is 40.8 Å². The van der Waals surface area contributed by atoms with E-state index >= 15 is 0 Å². The number of nitrogens with one attached hydrogen (secondary N) is 1. The Hall–Kier alpha value is -1.50. The molecule has 2 rings (SSSR count). The molecule has 17 heavy (non-hydrogen) atoms. The van der Waals surface area contributed by atoms with Crippen molar-refractivity contribution < 1.29 is 5.48 Å². The van der Waals surface area contributed by atoms with E-state index in [4.69, 9.17) is 5.48 Å². The summed E-state index contributed by atoms with van der Waals surface area (Å²) in [4.78, 5) is 0. The second-order valence-corrected chi connectivity index (χ2v) is 5.18. The second kappa shape index (κ2) is 4.79. The van der Waals surface area contributed by atoms with Crippen LogP contribution in [0.5, 0.6) is 0 Å². The van der Waals surface area contributed by atoms with Gasteiger partial charge in [0.15, 0.2) is 0 Å². The van der Waals surface area contributed by atoms with E-state index < -0.39 is 11.8 Å². The van der Waals surface area contributed by atoms with Crippen molar-refractivity contribution in [3.05, 3.63) is 53.7 Å². The van der Waals surface area contributed by atoms with Gasteiger partial charge in [-0.2, -0.15) is 0 Å². The van der Waals surface area contributed by atoms with Gasteiger partial charge in [0.1, 0.15) is 0 Å². The molecular weight excluding hydrogens is 206 g/mol. The third-order valence-corrected chi connectivity index (χ3v) is 2.37. The Balaban J connectivity index is 2.52. The summed E-state index contributed by atoms with van der Waals surface area (Å²) in [5.74, 6) is 0. The molecule has 0 saturated heterocycles. The molecule has 0 unspecified atom stereocenters. The number of hydrogen-bond donors (Lipinski definition) is 1. The SMILES string of the molecule is [2H]c1cc(C([2H])([2H])C(C)(C)C)cc([2H])c1C1=CCNC=C1. The Morgan fingerprint density at radius 2 is 2.06 bits per heavy atom. The van der Waals surface area contributed by atoms with Gasteiger partial charge in [0, 0.05) is 9.29 Å². The van der Waals surface area contributed by atoms with Crippen LogP contribution in [0.1, 0.15) is 37.4 Å². The van der Waals surface area contributed by atoms with E-state index in [-0.39, 0.29) is 12.1 Å². The number of dihydropyridines is 1. The fraction of sp³-hybridized carbons (Fsp3) is 0.375. The van der Waals surface area contributed by atoms with Crippen molar-refractivity contribution in [1.82, 2.24) is 5.32 Å². The van der Waals surface area contributed by atoms with Crippen LogP contribution in [0.15, 0.2) is 42.6 Å². The predicted molar refractivity (Wildman–Crippen MR) is 74.7 cm³/mol. The van der Waals surface area contributed by atoms with Gasteiger partial charge in [0.25, 0.3) is 0 Å². The van der Waals surface area contributed by atoms with Crippen molar-refractivity contribution in [3.8, 4) is 0 Å². The average Bonchev–Trinajstić information content (AvgIpc) is 2.37. The lowest BCUT2D eigenvalue weighted by molar-refractivity contribution is 0.411. The highest BCUT2D eigenvalue weighted by atomic mass is 14.8. The van der Waals surface area contributed by atoms with Crippen molar-refractivity contribution in [2.75, 3.05) is 6.54 Å². The first-order valence-corrected chi connectivity index (χ1v) is 5.87. The molecule has 0 aromatic heterocycles. The Labute approximate surface area is 110 Å². The van der Waals surface area contributed by atoms with Crippen LogP contribution in [0.4, 0.5) is 0 Å². The molecule has 1 heteroatoms. The van der Waals surface area contributed by atoms with Crippen molar-refractivity contribution in [2.45, 2.75) is 27.1 Å². The van der Waals surface area contributed by atoms with Crippen LogP contribution in [0.2, 0.25) is 0 Å². The maximum Gasteiger partial charge on any atom is 0.0629 e. The smallest absolute Gasteiger partial charge is 0.0629 e. The quantitative estimate of drug-likeness (QED) is 0.817. The molecule has 0 saturated carbocycles. The van der Waals surface area contributed by atoms with E-state index in [0.29, 0.717) is 17.7 Å². The maximum atomic E-state index is 8.29. The topological polar surface area (TPSA) is 12.0 Å². The van der Waals surface area contributed by atoms with Gasteiger partial charge in [-0.15, -0.1) is 0 Å². The van der Waals surface area contributed by atoms with Crippen molar-refractivity contribution >= 4 is 5.57 Å². The van der Waals surface area contributed by atoms with E-state index in [1.807, 2.05) is 32.9 Å². The Morgan fingerprint density at radius 3 is 2.59 bits per heavy atom. The molecule has 1 aromatic carbocycles. The largest absolute Gasteiger partial charge is 0.387 e. The molecule has 0 spiro atoms. The van der Waals surface area contributed by atoms with E-state index in [1.165, 1.54) is 0 Å². The monoisotopic (exact) mass is 231 g/mol. The highest BCUT2D eigenvalue weighted by Gasteiger charge is 2.11. The first-order chi connectivity index (χ1) is 9.64. The lowest BCUT2D eigenvalue weighted by Gasteiger charge is -2.18. The second-order valence-electron chi connectivity index (χ2n) is 5.18. The average molecular weight is 231 g/mol. The van der Waals surface area contributed by atoms with E-state index in [9.17, 15) is 0 Å². The molecule has 0 bridgehead atoms. The fourth-order valence-corrected chi connectivity index (χ4v) is 1.69. The standard InChI is InChI=1S/C16H21N/c1-16(2,3)12-13-4-6-14(7-5-13)15-8-10-17-11-9-15/h4-10,17H,11-12H2,1-3H3/i6D,7D,12D2. The summed E-state index contributed by atoms with van der Waals surface area (Å²) in [6, 6.07) is 3.50. The van der Waals surface area contributed by atoms with Crippen LogP contribution in [-0.2, 0) is 6.37 Å². The summed E-state index contributed by atoms with van der Waals surface area (Å²) < 4.78 is 33.0. The molecule has 0 fully saturated rings. The minimum atomic E-state index is -1.59. The summed E-state index contributed by atoms with van der Waals surface area (Å²) in [7, 11) is 0. The van der Waals surface area contributed by atoms with Crippen molar-refractivity contribution in [2.24, 2.45) is 5.41 Å². The molecule has 1 aliphatic rings. The van der Waals surface area contributed by atoms with Gasteiger partial charge < -0.3 is 5.32 Å². The van der Waals surface area contributed by atoms with Gasteiger partial charge in [-0.25, -0.2) is 0 Å². The number of benzene rings is 1. The van der Waals surface area contributed by atoms with Crippen LogP contribution in [0.3, 0.4) is 0 Å². The molecule has 0 aliphatic carbocycles. The first kappa shape index (κ1) is 7.75. The zero-order valence-corrected chi connectivity index (χ0v) is 10.6. The Bertz CT molecular complexity index is 586. The highest BCUT2D eigenvalue weighted by molar-refractivity contribution is 5.74. The molecule has 0 radical (unpaired) electrons. The summed E-state index contributed by atoms with van der Waals surface area (Å²) in [5, 5.41) is 3.04. The van der Waals surface area contributed by atoms with Crippen molar-refractivity contribution in [1.29, 1.82) is 0 Å². The number of hydrogen-bond acceptors (Lipinski definition) is 1. The van der Waals surface area contributed by atoms with Crippen LogP contribution in [0, 0.1) is 5.41 Å². The summed E-state index contributed by atoms with van der Waals surface area (Å²) in [6.07, 6.45) is 3.99. The zero-order chi connectivity index (χ0) is 15.8. The lowest BCUT2D eigenvalue weighted by atomic mass is 9.87. The minimum absolute atomic E-state index is 0.198. The third kappa shape index (κ3) is 3.48. The number of rotatable bonds is 2. The molecule has 90 valence electrons. The molecule has 0 atom stereocenters. The minimum Gasteiger partial charge on any atom is -0.387 e. The van der Waals surface area contributed by atoms with Gasteiger partial charge in [0.2, 0.25) is 0 Å². The van der Waals surface area contributed by atoms with Gasteiger partial charge in [-0.1, -0.05) is 51.1 Å². The predicted octanol–water partition coefficient (Wildman–Crippen LogP) is 3.78. The zero-order valence-electron chi connectivity index (χ0n) is 14.6. The molecule has 1 aromatic rings. The maximum absolute atomic E-state index is 8.29. The Morgan fingerprint density at radius 1 is 1.35 bits per heavy atom. The molecule has 1 aliphatic heterocycles. The van der Waals surface area contributed by atoms with E-state index in [0.717, 1.165) is 5.57 Å². The van der Waals surface area contributed by atoms with Crippen molar-refractivity contribution in [3.63, 3.8) is 0 Å². The summed E-state index contributed by atoms with van der Waals surface area (Å²) in [6.45, 7) is 6.15. The van der Waals surface area contributed by atoms with E-state index in [2.05, 4.69) is 5.32 Å². The van der Waals surface area contributed by atoms with Gasteiger partial charge in [0.05, 0.1) is 2.74 Å². The molecule has 1 heterocycles. The molecule has 1 N–H and O–H groups in total. The molecule has 0 amide bonds. The van der Waals surface area contributed by atoms with E-state index in [1.54, 1.807) is 18.3 Å². The summed E-state index contributed by atoms with van der Waals surface area (Å²) >= 11 is 0. The van der Waals surface area contributed by atoms with Crippen LogP contribution in [-0.4, -0.2) is 6.54 Å². The normalized spacial score (nSPS) is 19.6. The van der Waals surface area contributed by atoms with Crippen LogP contribution in [0.25, 0.3) is 5.57 Å². The fourth-order valence-electron chi connectivity index (χ4n) is 1.69. The van der Waals surface area contributed by atoms with Crippen LogP contribution < -0.4 is 5.32 Å². The molecular formula is C16H21N. The highest BCUT2D eigenvalue weighted by Crippen LogP contribution is 2.23. The van der Waals surface area contributed by atoms with Crippen LogP contribution >= 0.6 is 0 Å². The lowest BCUT2D eigenvalue weighted by Crippen LogP contribution is -2.09. The summed E-state index contributed by atoms with van der Waals surface area (Å²) in [5.41, 5.74) is 1.20. The van der Waals surface area contributed by atoms with Gasteiger partial charge >= 0.3 is 0 Å².